The van der Waals surface area contributed by atoms with Gasteiger partial charge in [0.2, 0.25) is 5.91 Å². The average Bonchev–Trinajstić information content (AvgIpc) is 2.65. The molecule has 3 rings (SSSR count). The number of primary amides is 1. The van der Waals surface area contributed by atoms with E-state index in [1.54, 1.807) is 6.07 Å². The highest BCUT2D eigenvalue weighted by Gasteiger charge is 2.30. The number of nitrogens with zero attached hydrogens (tertiary/aromatic N) is 1. The summed E-state index contributed by atoms with van der Waals surface area (Å²) >= 11 is 0. The number of ether oxygens (including phenoxy) is 2. The van der Waals surface area contributed by atoms with Gasteiger partial charge in [-0.3, -0.25) is 14.4 Å². The van der Waals surface area contributed by atoms with E-state index in [0.29, 0.717) is 44.0 Å². The number of carbonyl (C=O) groups excluding carboxylic acids is 3. The number of hydrogen-bond donors (Lipinski definition) is 2. The fraction of sp³-hybridized carbons (Fsp3) is 0.471. The van der Waals surface area contributed by atoms with Gasteiger partial charge in [-0.05, 0) is 25.0 Å². The van der Waals surface area contributed by atoms with E-state index in [9.17, 15) is 14.4 Å². The quantitative estimate of drug-likeness (QED) is 0.727. The Morgan fingerprint density at radius 2 is 1.84 bits per heavy atom. The molecular weight excluding hydrogens is 326 g/mol. The summed E-state index contributed by atoms with van der Waals surface area (Å²) in [4.78, 5) is 36.8. The first kappa shape index (κ1) is 17.1. The van der Waals surface area contributed by atoms with Crippen molar-refractivity contribution in [2.24, 2.45) is 11.7 Å². The van der Waals surface area contributed by atoms with Crippen molar-refractivity contribution in [3.8, 4) is 11.5 Å². The summed E-state index contributed by atoms with van der Waals surface area (Å²) in [6.07, 6.45) is 0.627. The van der Waals surface area contributed by atoms with Crippen molar-refractivity contribution in [3.63, 3.8) is 0 Å². The minimum Gasteiger partial charge on any atom is -0.486 e. The molecule has 134 valence electrons. The molecule has 1 saturated heterocycles. The van der Waals surface area contributed by atoms with E-state index >= 15 is 0 Å². The van der Waals surface area contributed by atoms with Crippen LogP contribution in [-0.2, 0) is 14.4 Å². The van der Waals surface area contributed by atoms with Crippen molar-refractivity contribution in [2.45, 2.75) is 18.9 Å². The van der Waals surface area contributed by atoms with Gasteiger partial charge in [0.15, 0.2) is 11.5 Å². The number of rotatable bonds is 3. The van der Waals surface area contributed by atoms with Gasteiger partial charge >= 0.3 is 11.8 Å². The van der Waals surface area contributed by atoms with Crippen LogP contribution in [0.3, 0.4) is 0 Å². The van der Waals surface area contributed by atoms with E-state index in [1.165, 1.54) is 4.90 Å². The minimum atomic E-state index is -0.681. The van der Waals surface area contributed by atoms with Crippen molar-refractivity contribution >= 4 is 17.7 Å². The summed E-state index contributed by atoms with van der Waals surface area (Å²) in [6, 6.07) is 7.29. The molecule has 8 heteroatoms. The van der Waals surface area contributed by atoms with E-state index in [1.807, 2.05) is 18.2 Å². The average molecular weight is 347 g/mol. The maximum atomic E-state index is 12.2. The lowest BCUT2D eigenvalue weighted by molar-refractivity contribution is -0.147. The number of hydrogen-bond acceptors (Lipinski definition) is 5. The topological polar surface area (TPSA) is 111 Å². The van der Waals surface area contributed by atoms with Crippen LogP contribution in [0.15, 0.2) is 24.3 Å². The molecule has 25 heavy (non-hydrogen) atoms. The molecule has 3 N–H and O–H groups in total. The molecule has 2 heterocycles. The monoisotopic (exact) mass is 347 g/mol. The number of piperidine rings is 1. The largest absolute Gasteiger partial charge is 0.486 e. The van der Waals surface area contributed by atoms with Gasteiger partial charge in [0.05, 0.1) is 6.54 Å². The first-order valence-electron chi connectivity index (χ1n) is 8.29. The first-order chi connectivity index (χ1) is 12.0. The van der Waals surface area contributed by atoms with Crippen LogP contribution in [0.1, 0.15) is 12.8 Å². The molecule has 1 aromatic rings. The van der Waals surface area contributed by atoms with Crippen LogP contribution in [0, 0.1) is 5.92 Å². The summed E-state index contributed by atoms with van der Waals surface area (Å²) in [6.45, 7) is 1.19. The third-order valence-electron chi connectivity index (χ3n) is 4.44. The Labute approximate surface area is 145 Å². The predicted molar refractivity (Wildman–Crippen MR) is 87.9 cm³/mol. The van der Waals surface area contributed by atoms with Gasteiger partial charge in [0, 0.05) is 19.0 Å². The smallest absolute Gasteiger partial charge is 0.311 e. The van der Waals surface area contributed by atoms with Crippen molar-refractivity contribution < 1.29 is 23.9 Å². The number of carbonyl (C=O) groups is 3. The van der Waals surface area contributed by atoms with Crippen LogP contribution >= 0.6 is 0 Å². The second kappa shape index (κ2) is 7.42. The van der Waals surface area contributed by atoms with E-state index < -0.39 is 11.8 Å². The molecule has 0 saturated carbocycles. The van der Waals surface area contributed by atoms with Crippen LogP contribution in [0.25, 0.3) is 0 Å². The van der Waals surface area contributed by atoms with E-state index in [0.717, 1.165) is 0 Å². The number of nitrogens with two attached hydrogens (primary N) is 1. The van der Waals surface area contributed by atoms with Crippen molar-refractivity contribution in [1.29, 1.82) is 0 Å². The van der Waals surface area contributed by atoms with Gasteiger partial charge in [-0.2, -0.15) is 0 Å². The van der Waals surface area contributed by atoms with Gasteiger partial charge in [0.1, 0.15) is 12.7 Å². The van der Waals surface area contributed by atoms with Gasteiger partial charge in [-0.25, -0.2) is 0 Å². The Balaban J connectivity index is 1.45. The molecule has 0 aliphatic carbocycles. The molecule has 8 nitrogen and oxygen atoms in total. The standard InChI is InChI=1S/C17H21N3O5/c18-15(21)11-5-7-20(8-6-11)17(23)16(22)19-9-12-10-24-13-3-1-2-4-14(13)25-12/h1-4,11-12H,5-10H2,(H2,18,21)(H,19,22). The fourth-order valence-electron chi connectivity index (χ4n) is 2.96. The van der Waals surface area contributed by atoms with E-state index in [-0.39, 0.29) is 24.5 Å². The molecule has 1 unspecified atom stereocenters. The number of amides is 3. The molecule has 0 aromatic heterocycles. The number of benzene rings is 1. The second-order valence-electron chi connectivity index (χ2n) is 6.18. The van der Waals surface area contributed by atoms with Gasteiger partial charge in [0.25, 0.3) is 0 Å². The fourth-order valence-corrected chi connectivity index (χ4v) is 2.96. The number of para-hydroxylation sites is 2. The number of nitrogens with one attached hydrogen (secondary N) is 1. The van der Waals surface area contributed by atoms with Crippen LogP contribution < -0.4 is 20.5 Å². The molecule has 0 bridgehead atoms. The van der Waals surface area contributed by atoms with E-state index in [2.05, 4.69) is 5.32 Å². The molecule has 0 spiro atoms. The summed E-state index contributed by atoms with van der Waals surface area (Å²) in [5.74, 6) is -0.572. The van der Waals surface area contributed by atoms with Crippen molar-refractivity contribution in [3.05, 3.63) is 24.3 Å². The molecule has 3 amide bonds. The zero-order chi connectivity index (χ0) is 17.8. The van der Waals surface area contributed by atoms with Crippen LogP contribution in [0.5, 0.6) is 11.5 Å². The van der Waals surface area contributed by atoms with Gasteiger partial charge in [-0.15, -0.1) is 0 Å². The minimum absolute atomic E-state index is 0.177. The molecule has 1 atom stereocenters. The lowest BCUT2D eigenvalue weighted by Gasteiger charge is -2.30. The molecule has 2 aliphatic rings. The summed E-state index contributed by atoms with van der Waals surface area (Å²) in [5.41, 5.74) is 5.27. The summed E-state index contributed by atoms with van der Waals surface area (Å²) in [7, 11) is 0. The summed E-state index contributed by atoms with van der Waals surface area (Å²) in [5, 5.41) is 2.59. The van der Waals surface area contributed by atoms with Crippen molar-refractivity contribution in [2.75, 3.05) is 26.2 Å². The van der Waals surface area contributed by atoms with Gasteiger partial charge in [-0.1, -0.05) is 12.1 Å². The number of likely N-dealkylation sites (tertiary alicyclic amines) is 1. The second-order valence-corrected chi connectivity index (χ2v) is 6.18. The lowest BCUT2D eigenvalue weighted by Crippen LogP contribution is -2.50. The first-order valence-corrected chi connectivity index (χ1v) is 8.29. The normalized spacial score (nSPS) is 20.0. The maximum Gasteiger partial charge on any atom is 0.311 e. The number of fused-ring (bicyclic) bond motifs is 1. The summed E-state index contributed by atoms with van der Waals surface area (Å²) < 4.78 is 11.3. The third-order valence-corrected chi connectivity index (χ3v) is 4.44. The highest BCUT2D eigenvalue weighted by molar-refractivity contribution is 6.35. The molecule has 1 fully saturated rings. The highest BCUT2D eigenvalue weighted by Crippen LogP contribution is 2.30. The Morgan fingerprint density at radius 3 is 2.52 bits per heavy atom. The van der Waals surface area contributed by atoms with Crippen molar-refractivity contribution in [1.82, 2.24) is 10.2 Å². The Bertz CT molecular complexity index is 670. The molecule has 2 aliphatic heterocycles. The Kier molecular flexibility index (Phi) is 5.06. The predicted octanol–water partition coefficient (Wildman–Crippen LogP) is -0.333. The Morgan fingerprint density at radius 1 is 1.16 bits per heavy atom. The lowest BCUT2D eigenvalue weighted by atomic mass is 9.96. The highest BCUT2D eigenvalue weighted by atomic mass is 16.6. The van der Waals surface area contributed by atoms with Crippen LogP contribution in [0.2, 0.25) is 0 Å². The zero-order valence-corrected chi connectivity index (χ0v) is 13.8. The zero-order valence-electron chi connectivity index (χ0n) is 13.8. The van der Waals surface area contributed by atoms with Crippen LogP contribution in [0.4, 0.5) is 0 Å². The molecule has 1 aromatic carbocycles. The SMILES string of the molecule is NC(=O)C1CCN(C(=O)C(=O)NCC2COc3ccccc3O2)CC1. The van der Waals surface area contributed by atoms with E-state index in [4.69, 9.17) is 15.2 Å². The maximum absolute atomic E-state index is 12.2. The molecule has 0 radical (unpaired) electrons. The molecular formula is C17H21N3O5. The van der Waals surface area contributed by atoms with Gasteiger partial charge < -0.3 is 25.4 Å². The Hall–Kier alpha value is -2.77. The third kappa shape index (κ3) is 4.01. The van der Waals surface area contributed by atoms with Crippen LogP contribution in [-0.4, -0.2) is 55.0 Å².